The molecule has 0 saturated carbocycles. The van der Waals surface area contributed by atoms with Crippen molar-refractivity contribution < 1.29 is 22.4 Å². The summed E-state index contributed by atoms with van der Waals surface area (Å²) in [5, 5.41) is 16.0. The lowest BCUT2D eigenvalue weighted by molar-refractivity contribution is -0.0369. The molecule has 1 aliphatic rings. The number of aliphatic hydroxyl groups is 1. The summed E-state index contributed by atoms with van der Waals surface area (Å²) in [5.74, 6) is 2.76. The average molecular weight is 442 g/mol. The van der Waals surface area contributed by atoms with E-state index in [1.165, 1.54) is 5.56 Å². The number of hydrogen-bond donors (Lipinski definition) is 2. The molecule has 3 aromatic rings. The molecule has 0 unspecified atom stereocenters. The number of aliphatic hydroxyl groups excluding tert-OH is 1. The Kier molecular flexibility index (Phi) is 6.04. The van der Waals surface area contributed by atoms with Gasteiger partial charge in [-0.2, -0.15) is 8.42 Å². The van der Waals surface area contributed by atoms with E-state index in [4.69, 9.17) is 16.3 Å². The SMILES string of the molecule is C#Cc1nc(CCc2ccccc2)c2ccn([C@H]3C[C@H](O)[C@@H](COS(N)(=O)=O)O3)c2n1. The van der Waals surface area contributed by atoms with E-state index in [1.807, 2.05) is 24.3 Å². The highest BCUT2D eigenvalue weighted by molar-refractivity contribution is 7.84. The highest BCUT2D eigenvalue weighted by Gasteiger charge is 2.36. The van der Waals surface area contributed by atoms with Crippen molar-refractivity contribution in [2.75, 3.05) is 6.61 Å². The first kappa shape index (κ1) is 21.4. The van der Waals surface area contributed by atoms with Crippen molar-refractivity contribution in [3.05, 3.63) is 59.7 Å². The molecule has 2 aromatic heterocycles. The van der Waals surface area contributed by atoms with Crippen LogP contribution in [0.5, 0.6) is 0 Å². The van der Waals surface area contributed by atoms with Crippen LogP contribution in [0, 0.1) is 12.3 Å². The van der Waals surface area contributed by atoms with Crippen molar-refractivity contribution in [3.63, 3.8) is 0 Å². The Morgan fingerprint density at radius 1 is 1.26 bits per heavy atom. The lowest BCUT2D eigenvalue weighted by Crippen LogP contribution is -2.30. The first-order valence-corrected chi connectivity index (χ1v) is 11.2. The molecule has 3 heterocycles. The van der Waals surface area contributed by atoms with Crippen LogP contribution in [0.2, 0.25) is 0 Å². The van der Waals surface area contributed by atoms with Crippen LogP contribution in [0.1, 0.15) is 29.7 Å². The van der Waals surface area contributed by atoms with Gasteiger partial charge in [-0.15, -0.1) is 6.42 Å². The topological polar surface area (TPSA) is 130 Å². The molecule has 0 amide bonds. The highest BCUT2D eigenvalue weighted by atomic mass is 32.2. The van der Waals surface area contributed by atoms with Crippen molar-refractivity contribution in [1.82, 2.24) is 14.5 Å². The molecule has 0 radical (unpaired) electrons. The second-order valence-corrected chi connectivity index (χ2v) is 8.51. The molecule has 162 valence electrons. The monoisotopic (exact) mass is 442 g/mol. The third kappa shape index (κ3) is 4.92. The smallest absolute Gasteiger partial charge is 0.333 e. The number of nitrogens with two attached hydrogens (primary N) is 1. The number of rotatable bonds is 7. The van der Waals surface area contributed by atoms with Crippen LogP contribution < -0.4 is 5.14 Å². The molecule has 0 spiro atoms. The average Bonchev–Trinajstić information content (AvgIpc) is 3.33. The molecule has 0 aliphatic carbocycles. The third-order valence-electron chi connectivity index (χ3n) is 5.18. The number of hydrogen-bond acceptors (Lipinski definition) is 7. The number of aromatic nitrogens is 3. The van der Waals surface area contributed by atoms with Crippen molar-refractivity contribution >= 4 is 21.3 Å². The Morgan fingerprint density at radius 2 is 2.03 bits per heavy atom. The normalized spacial score (nSPS) is 21.4. The van der Waals surface area contributed by atoms with Crippen LogP contribution in [0.4, 0.5) is 0 Å². The van der Waals surface area contributed by atoms with Gasteiger partial charge in [-0.1, -0.05) is 30.3 Å². The van der Waals surface area contributed by atoms with Gasteiger partial charge in [0, 0.05) is 18.0 Å². The van der Waals surface area contributed by atoms with Crippen LogP contribution in [-0.2, 0) is 32.1 Å². The number of nitrogens with zero attached hydrogens (tertiary/aromatic N) is 3. The van der Waals surface area contributed by atoms with E-state index < -0.39 is 28.7 Å². The summed E-state index contributed by atoms with van der Waals surface area (Å²) >= 11 is 0. The number of aryl methyl sites for hydroxylation is 2. The van der Waals surface area contributed by atoms with Crippen molar-refractivity contribution in [2.24, 2.45) is 5.14 Å². The molecular weight excluding hydrogens is 420 g/mol. The van der Waals surface area contributed by atoms with E-state index in [2.05, 4.69) is 32.2 Å². The number of fused-ring (bicyclic) bond motifs is 1. The molecule has 9 nitrogen and oxygen atoms in total. The van der Waals surface area contributed by atoms with Crippen molar-refractivity contribution in [3.8, 4) is 12.3 Å². The second kappa shape index (κ2) is 8.74. The number of terminal acetylenes is 1. The summed E-state index contributed by atoms with van der Waals surface area (Å²) in [7, 11) is -4.13. The highest BCUT2D eigenvalue weighted by Crippen LogP contribution is 2.32. The minimum absolute atomic E-state index is 0.233. The predicted molar refractivity (Wildman–Crippen MR) is 113 cm³/mol. The van der Waals surface area contributed by atoms with E-state index >= 15 is 0 Å². The molecule has 0 bridgehead atoms. The summed E-state index contributed by atoms with van der Waals surface area (Å²) < 4.78 is 34.2. The molecule has 3 N–H and O–H groups in total. The quantitative estimate of drug-likeness (QED) is 0.524. The maximum absolute atomic E-state index is 11.0. The lowest BCUT2D eigenvalue weighted by Gasteiger charge is -2.16. The molecule has 10 heteroatoms. The Morgan fingerprint density at radius 3 is 2.74 bits per heavy atom. The molecule has 3 atom stereocenters. The zero-order valence-electron chi connectivity index (χ0n) is 16.6. The Hall–Kier alpha value is -2.81. The van der Waals surface area contributed by atoms with E-state index in [0.717, 1.165) is 17.5 Å². The van der Waals surface area contributed by atoms with E-state index in [9.17, 15) is 13.5 Å². The summed E-state index contributed by atoms with van der Waals surface area (Å²) in [4.78, 5) is 8.97. The van der Waals surface area contributed by atoms with Crippen LogP contribution >= 0.6 is 0 Å². The summed E-state index contributed by atoms with van der Waals surface area (Å²) in [5.41, 5.74) is 2.61. The second-order valence-electron chi connectivity index (χ2n) is 7.29. The molecule has 1 fully saturated rings. The van der Waals surface area contributed by atoms with Gasteiger partial charge in [0.2, 0.25) is 5.82 Å². The van der Waals surface area contributed by atoms with Crippen molar-refractivity contribution in [1.29, 1.82) is 0 Å². The van der Waals surface area contributed by atoms with Gasteiger partial charge in [0.15, 0.2) is 0 Å². The van der Waals surface area contributed by atoms with E-state index in [1.54, 1.807) is 10.8 Å². The van der Waals surface area contributed by atoms with Gasteiger partial charge < -0.3 is 14.4 Å². The van der Waals surface area contributed by atoms with Gasteiger partial charge in [-0.05, 0) is 30.4 Å². The van der Waals surface area contributed by atoms with Gasteiger partial charge in [-0.3, -0.25) is 4.18 Å². The Labute approximate surface area is 180 Å². The first-order chi connectivity index (χ1) is 14.8. The minimum Gasteiger partial charge on any atom is -0.390 e. The van der Waals surface area contributed by atoms with Crippen LogP contribution in [0.25, 0.3) is 11.0 Å². The van der Waals surface area contributed by atoms with E-state index in [-0.39, 0.29) is 18.9 Å². The fourth-order valence-electron chi connectivity index (χ4n) is 3.69. The Bertz CT molecular complexity index is 1220. The number of ether oxygens (including phenoxy) is 1. The van der Waals surface area contributed by atoms with Crippen molar-refractivity contribution in [2.45, 2.75) is 37.7 Å². The third-order valence-corrected chi connectivity index (χ3v) is 5.65. The van der Waals surface area contributed by atoms with Gasteiger partial charge in [0.1, 0.15) is 18.0 Å². The zero-order chi connectivity index (χ0) is 22.0. The minimum atomic E-state index is -4.13. The number of benzene rings is 1. The van der Waals surface area contributed by atoms with Crippen LogP contribution in [0.3, 0.4) is 0 Å². The maximum atomic E-state index is 11.0. The fourth-order valence-corrected chi connectivity index (χ4v) is 4.01. The van der Waals surface area contributed by atoms with Crippen LogP contribution in [-0.4, -0.2) is 46.9 Å². The summed E-state index contributed by atoms with van der Waals surface area (Å²) in [6.45, 7) is -0.372. The molecular formula is C21H22N4O5S. The molecule has 1 saturated heterocycles. The molecule has 31 heavy (non-hydrogen) atoms. The maximum Gasteiger partial charge on any atom is 0.333 e. The first-order valence-electron chi connectivity index (χ1n) is 9.72. The van der Waals surface area contributed by atoms with Gasteiger partial charge >= 0.3 is 10.3 Å². The fraction of sp³-hybridized carbons (Fsp3) is 0.333. The van der Waals surface area contributed by atoms with Gasteiger partial charge in [0.05, 0.1) is 18.4 Å². The molecule has 1 aliphatic heterocycles. The standard InChI is InChI=1S/C21H22N4O5S/c1-2-19-23-16(9-8-14-6-4-3-5-7-14)15-10-11-25(21(15)24-19)20-12-17(26)18(30-20)13-29-31(22,27)28/h1,3-7,10-11,17-18,20,26H,8-9,12-13H2,(H2,22,27,28)/t17-,18+,20+/m0/s1. The van der Waals surface area contributed by atoms with Crippen LogP contribution in [0.15, 0.2) is 42.6 Å². The van der Waals surface area contributed by atoms with Gasteiger partial charge in [0.25, 0.3) is 0 Å². The molecule has 1 aromatic carbocycles. The van der Waals surface area contributed by atoms with Gasteiger partial charge in [-0.25, -0.2) is 15.1 Å². The lowest BCUT2D eigenvalue weighted by atomic mass is 10.1. The largest absolute Gasteiger partial charge is 0.390 e. The summed E-state index contributed by atoms with van der Waals surface area (Å²) in [6, 6.07) is 12.0. The Balaban J connectivity index is 1.59. The predicted octanol–water partition coefficient (Wildman–Crippen LogP) is 1.07. The molecule has 4 rings (SSSR count). The zero-order valence-corrected chi connectivity index (χ0v) is 17.4. The summed E-state index contributed by atoms with van der Waals surface area (Å²) in [6.07, 6.45) is 6.76. The van der Waals surface area contributed by atoms with E-state index in [0.29, 0.717) is 12.1 Å².